The van der Waals surface area contributed by atoms with Gasteiger partial charge in [-0.2, -0.15) is 0 Å². The molecule has 0 radical (unpaired) electrons. The molecule has 1 amide bonds. The number of carbonyl (C=O) groups excluding carboxylic acids is 1. The first-order valence-electron chi connectivity index (χ1n) is 7.31. The van der Waals surface area contributed by atoms with Gasteiger partial charge in [0.15, 0.2) is 0 Å². The van der Waals surface area contributed by atoms with Crippen LogP contribution in [-0.2, 0) is 11.2 Å². The van der Waals surface area contributed by atoms with E-state index >= 15 is 0 Å². The maximum Gasteiger partial charge on any atom is 0.224 e. The van der Waals surface area contributed by atoms with Crippen LogP contribution in [0.15, 0.2) is 24.3 Å². The molecular weight excluding hydrogens is 254 g/mol. The predicted molar refractivity (Wildman–Crippen MR) is 77.7 cm³/mol. The largest absolute Gasteiger partial charge is 0.494 e. The van der Waals surface area contributed by atoms with Crippen LogP contribution in [0, 0.1) is 0 Å². The van der Waals surface area contributed by atoms with E-state index in [1.165, 1.54) is 0 Å². The van der Waals surface area contributed by atoms with Crippen LogP contribution in [0.2, 0.25) is 0 Å². The number of nitrogens with one attached hydrogen (secondary N) is 1. The Morgan fingerprint density at radius 1 is 1.30 bits per heavy atom. The van der Waals surface area contributed by atoms with Gasteiger partial charge in [0.2, 0.25) is 5.91 Å². The van der Waals surface area contributed by atoms with Gasteiger partial charge in [-0.1, -0.05) is 25.0 Å². The zero-order chi connectivity index (χ0) is 14.4. The fraction of sp³-hybridized carbons (Fsp3) is 0.562. The van der Waals surface area contributed by atoms with Crippen LogP contribution < -0.4 is 10.1 Å². The molecule has 0 saturated heterocycles. The summed E-state index contributed by atoms with van der Waals surface area (Å²) in [7, 11) is 0. The van der Waals surface area contributed by atoms with E-state index in [9.17, 15) is 9.90 Å². The molecule has 4 nitrogen and oxygen atoms in total. The Morgan fingerprint density at radius 2 is 1.95 bits per heavy atom. The van der Waals surface area contributed by atoms with Crippen molar-refractivity contribution in [2.45, 2.75) is 44.6 Å². The van der Waals surface area contributed by atoms with Crippen molar-refractivity contribution in [3.8, 4) is 5.75 Å². The molecule has 0 heterocycles. The highest BCUT2D eigenvalue weighted by atomic mass is 16.5. The maximum absolute atomic E-state index is 12.1. The summed E-state index contributed by atoms with van der Waals surface area (Å²) in [5.74, 6) is 0.796. The molecule has 0 bridgehead atoms. The van der Waals surface area contributed by atoms with Crippen molar-refractivity contribution >= 4 is 5.91 Å². The van der Waals surface area contributed by atoms with Crippen molar-refractivity contribution in [3.05, 3.63) is 29.8 Å². The monoisotopic (exact) mass is 277 g/mol. The third-order valence-corrected chi connectivity index (χ3v) is 3.87. The summed E-state index contributed by atoms with van der Waals surface area (Å²) in [6.45, 7) is 2.61. The van der Waals surface area contributed by atoms with Crippen LogP contribution in [0.5, 0.6) is 5.75 Å². The lowest BCUT2D eigenvalue weighted by Gasteiger charge is -2.28. The zero-order valence-corrected chi connectivity index (χ0v) is 12.0. The Hall–Kier alpha value is -1.55. The Balaban J connectivity index is 1.90. The van der Waals surface area contributed by atoms with Crippen molar-refractivity contribution in [1.82, 2.24) is 5.32 Å². The highest BCUT2D eigenvalue weighted by Gasteiger charge is 2.34. The molecule has 0 spiro atoms. The van der Waals surface area contributed by atoms with Gasteiger partial charge in [-0.3, -0.25) is 4.79 Å². The molecule has 4 heteroatoms. The molecular formula is C16H23NO3. The van der Waals surface area contributed by atoms with Crippen molar-refractivity contribution in [3.63, 3.8) is 0 Å². The molecule has 1 aliphatic carbocycles. The number of aliphatic hydroxyl groups is 1. The molecule has 1 aliphatic rings. The molecule has 0 aliphatic heterocycles. The first-order chi connectivity index (χ1) is 9.67. The normalized spacial score (nSPS) is 16.9. The summed E-state index contributed by atoms with van der Waals surface area (Å²) < 4.78 is 5.37. The average molecular weight is 277 g/mol. The number of ether oxygens (including phenoxy) is 1. The topological polar surface area (TPSA) is 58.6 Å². The van der Waals surface area contributed by atoms with E-state index in [1.807, 2.05) is 31.2 Å². The van der Waals surface area contributed by atoms with Crippen molar-refractivity contribution in [2.24, 2.45) is 0 Å². The Labute approximate surface area is 120 Å². The summed E-state index contributed by atoms with van der Waals surface area (Å²) >= 11 is 0. The van der Waals surface area contributed by atoms with Crippen LogP contribution in [-0.4, -0.2) is 29.8 Å². The van der Waals surface area contributed by atoms with E-state index in [0.717, 1.165) is 37.0 Å². The third kappa shape index (κ3) is 3.73. The van der Waals surface area contributed by atoms with E-state index in [2.05, 4.69) is 5.32 Å². The quantitative estimate of drug-likeness (QED) is 0.836. The van der Waals surface area contributed by atoms with Gasteiger partial charge in [-0.25, -0.2) is 0 Å². The van der Waals surface area contributed by atoms with Gasteiger partial charge in [0.05, 0.1) is 25.2 Å². The van der Waals surface area contributed by atoms with E-state index in [4.69, 9.17) is 4.74 Å². The second kappa shape index (κ2) is 6.75. The standard InChI is InChI=1S/C16H23NO3/c1-2-20-14-7-5-13(6-8-14)11-15(19)17-16(12-18)9-3-4-10-16/h5-8,18H,2-4,9-12H2,1H3,(H,17,19). The molecule has 1 fully saturated rings. The molecule has 1 saturated carbocycles. The lowest BCUT2D eigenvalue weighted by Crippen LogP contribution is -2.49. The Kier molecular flexibility index (Phi) is 5.01. The lowest BCUT2D eigenvalue weighted by atomic mass is 9.98. The van der Waals surface area contributed by atoms with Gasteiger partial charge < -0.3 is 15.2 Å². The number of hydrogen-bond donors (Lipinski definition) is 2. The third-order valence-electron chi connectivity index (χ3n) is 3.87. The Morgan fingerprint density at radius 3 is 2.50 bits per heavy atom. The van der Waals surface area contributed by atoms with Crippen molar-refractivity contribution in [1.29, 1.82) is 0 Å². The van der Waals surface area contributed by atoms with Gasteiger partial charge in [0.25, 0.3) is 0 Å². The molecule has 1 aromatic carbocycles. The van der Waals surface area contributed by atoms with Crippen LogP contribution in [0.25, 0.3) is 0 Å². The molecule has 2 rings (SSSR count). The van der Waals surface area contributed by atoms with Crippen LogP contribution in [0.3, 0.4) is 0 Å². The number of amides is 1. The van der Waals surface area contributed by atoms with Crippen molar-refractivity contribution < 1.29 is 14.6 Å². The maximum atomic E-state index is 12.1. The van der Waals surface area contributed by atoms with Crippen molar-refractivity contribution in [2.75, 3.05) is 13.2 Å². The summed E-state index contributed by atoms with van der Waals surface area (Å²) in [5, 5.41) is 12.5. The van der Waals surface area contributed by atoms with E-state index in [-0.39, 0.29) is 18.1 Å². The minimum atomic E-state index is -0.387. The molecule has 0 aromatic heterocycles. The van der Waals surface area contributed by atoms with E-state index in [1.54, 1.807) is 0 Å². The van der Waals surface area contributed by atoms with Gasteiger partial charge in [-0.05, 0) is 37.5 Å². The summed E-state index contributed by atoms with van der Waals surface area (Å²) in [6.07, 6.45) is 4.24. The number of aliphatic hydroxyl groups excluding tert-OH is 1. The van der Waals surface area contributed by atoms with E-state index in [0.29, 0.717) is 13.0 Å². The first-order valence-corrected chi connectivity index (χ1v) is 7.31. The minimum absolute atomic E-state index is 0.0230. The van der Waals surface area contributed by atoms with Crippen LogP contribution in [0.4, 0.5) is 0 Å². The molecule has 0 unspecified atom stereocenters. The van der Waals surface area contributed by atoms with Crippen LogP contribution in [0.1, 0.15) is 38.2 Å². The van der Waals surface area contributed by atoms with E-state index < -0.39 is 0 Å². The SMILES string of the molecule is CCOc1ccc(CC(=O)NC2(CO)CCCC2)cc1. The number of hydrogen-bond acceptors (Lipinski definition) is 3. The van der Waals surface area contributed by atoms with Gasteiger partial charge in [0, 0.05) is 0 Å². The number of carbonyl (C=O) groups is 1. The molecule has 1 aromatic rings. The molecule has 0 atom stereocenters. The fourth-order valence-corrected chi connectivity index (χ4v) is 2.77. The molecule has 110 valence electrons. The highest BCUT2D eigenvalue weighted by molar-refractivity contribution is 5.79. The average Bonchev–Trinajstić information content (AvgIpc) is 2.90. The minimum Gasteiger partial charge on any atom is -0.494 e. The number of benzene rings is 1. The summed E-state index contributed by atoms with van der Waals surface area (Å²) in [6, 6.07) is 7.57. The fourth-order valence-electron chi connectivity index (χ4n) is 2.77. The smallest absolute Gasteiger partial charge is 0.224 e. The molecule has 20 heavy (non-hydrogen) atoms. The zero-order valence-electron chi connectivity index (χ0n) is 12.0. The number of rotatable bonds is 6. The van der Waals surface area contributed by atoms with Gasteiger partial charge >= 0.3 is 0 Å². The lowest BCUT2D eigenvalue weighted by molar-refractivity contribution is -0.122. The second-order valence-electron chi connectivity index (χ2n) is 5.45. The second-order valence-corrected chi connectivity index (χ2v) is 5.45. The van der Waals surface area contributed by atoms with Gasteiger partial charge in [-0.15, -0.1) is 0 Å². The summed E-state index contributed by atoms with van der Waals surface area (Å²) in [4.78, 5) is 12.1. The predicted octanol–water partition coefficient (Wildman–Crippen LogP) is 2.05. The molecule has 2 N–H and O–H groups in total. The first kappa shape index (κ1) is 14.9. The summed E-state index contributed by atoms with van der Waals surface area (Å²) in [5.41, 5.74) is 0.569. The van der Waals surface area contributed by atoms with Gasteiger partial charge in [0.1, 0.15) is 5.75 Å². The highest BCUT2D eigenvalue weighted by Crippen LogP contribution is 2.29. The Bertz CT molecular complexity index is 436. The van der Waals surface area contributed by atoms with Crippen LogP contribution >= 0.6 is 0 Å².